The molecule has 0 bridgehead atoms. The number of amides is 1. The van der Waals surface area contributed by atoms with E-state index >= 15 is 0 Å². The minimum Gasteiger partial charge on any atom is -1.00 e. The number of esters is 2. The van der Waals surface area contributed by atoms with Gasteiger partial charge < -0.3 is 65.7 Å². The molecule has 1 aliphatic heterocycles. The molecular weight excluding hydrogens is 1000 g/mol. The van der Waals surface area contributed by atoms with Gasteiger partial charge in [-0.25, -0.2) is 14.9 Å². The van der Waals surface area contributed by atoms with E-state index in [0.29, 0.717) is 47.7 Å². The van der Waals surface area contributed by atoms with Crippen LogP contribution in [0.4, 0.5) is 4.79 Å². The molecule has 0 aromatic carbocycles. The third kappa shape index (κ3) is 21.3. The fraction of sp³-hybridized carbons (Fsp3) is 0.569. The molecule has 0 aliphatic carbocycles. The molecule has 356 valence electrons. The summed E-state index contributed by atoms with van der Waals surface area (Å²) in [7, 11) is 0. The third-order valence-electron chi connectivity index (χ3n) is 11.4. The zero-order valence-corrected chi connectivity index (χ0v) is 43.6. The summed E-state index contributed by atoms with van der Waals surface area (Å²) in [6.07, 6.45) is 34.7. The molecule has 0 spiro atoms. The molecule has 64 heavy (non-hydrogen) atoms. The van der Waals surface area contributed by atoms with Crippen LogP contribution in [0.5, 0.6) is 0 Å². The summed E-state index contributed by atoms with van der Waals surface area (Å²) in [6, 6.07) is 15.0. The van der Waals surface area contributed by atoms with Crippen molar-refractivity contribution < 1.29 is 88.5 Å². The van der Waals surface area contributed by atoms with E-state index in [1.165, 1.54) is 94.5 Å². The van der Waals surface area contributed by atoms with E-state index in [1.807, 2.05) is 83.3 Å². The highest BCUT2D eigenvalue weighted by molar-refractivity contribution is 6.00. The number of carbonyl (C=O) groups excluding carboxylic acids is 3. The molecular formula is C51H76Br3N5O5. The van der Waals surface area contributed by atoms with Gasteiger partial charge in [0.1, 0.15) is 6.20 Å². The number of nitrogens with zero attached hydrogens (tertiary/aromatic N) is 3. The predicted octanol–water partition coefficient (Wildman–Crippen LogP) is 0.662. The van der Waals surface area contributed by atoms with Crippen LogP contribution in [0.15, 0.2) is 108 Å². The first-order chi connectivity index (χ1) is 30.0. The van der Waals surface area contributed by atoms with E-state index in [4.69, 9.17) is 9.47 Å². The first kappa shape index (κ1) is 58.6. The van der Waals surface area contributed by atoms with Gasteiger partial charge in [-0.15, -0.1) is 0 Å². The Balaban J connectivity index is 0.00000683. The maximum absolute atomic E-state index is 14.7. The first-order valence-electron chi connectivity index (χ1n) is 23.7. The van der Waals surface area contributed by atoms with Gasteiger partial charge in [0.15, 0.2) is 37.9 Å². The maximum Gasteiger partial charge on any atom is 0.495 e. The summed E-state index contributed by atoms with van der Waals surface area (Å²) < 4.78 is 17.7. The molecule has 4 rings (SSSR count). The van der Waals surface area contributed by atoms with E-state index in [-0.39, 0.29) is 70.2 Å². The Labute approximate surface area is 416 Å². The summed E-state index contributed by atoms with van der Waals surface area (Å²) in [4.78, 5) is 42.5. The topological polar surface area (TPSA) is 105 Å². The number of dihydropyridines is 1. The highest BCUT2D eigenvalue weighted by Crippen LogP contribution is 2.39. The van der Waals surface area contributed by atoms with Crippen molar-refractivity contribution >= 4 is 18.0 Å². The Hall–Kier alpha value is -3.42. The van der Waals surface area contributed by atoms with E-state index in [9.17, 15) is 14.4 Å². The van der Waals surface area contributed by atoms with Crippen LogP contribution in [0.2, 0.25) is 0 Å². The zero-order valence-electron chi connectivity index (χ0n) is 38.9. The van der Waals surface area contributed by atoms with Crippen molar-refractivity contribution in [1.29, 1.82) is 0 Å². The molecule has 1 aliphatic rings. The van der Waals surface area contributed by atoms with Crippen LogP contribution in [0, 0.1) is 0 Å². The predicted molar refractivity (Wildman–Crippen MR) is 240 cm³/mol. The van der Waals surface area contributed by atoms with Crippen molar-refractivity contribution in [1.82, 2.24) is 10.6 Å². The fourth-order valence-electron chi connectivity index (χ4n) is 8.02. The maximum atomic E-state index is 14.7. The van der Waals surface area contributed by atoms with Crippen LogP contribution in [-0.2, 0) is 32.2 Å². The lowest BCUT2D eigenvalue weighted by molar-refractivity contribution is -0.692. The number of hydrogen-bond acceptors (Lipinski definition) is 6. The molecule has 3 aromatic heterocycles. The van der Waals surface area contributed by atoms with Gasteiger partial charge in [-0.3, -0.25) is 0 Å². The number of ether oxygens (including phenoxy) is 2. The summed E-state index contributed by atoms with van der Waals surface area (Å²) in [5, 5.41) is 6.45. The molecule has 1 amide bonds. The number of carbonyl (C=O) groups is 3. The molecule has 3 aromatic rings. The minimum atomic E-state index is -0.873. The minimum absolute atomic E-state index is 0. The second kappa shape index (κ2) is 35.8. The summed E-state index contributed by atoms with van der Waals surface area (Å²) in [5.74, 6) is -1.85. The van der Waals surface area contributed by atoms with Crippen LogP contribution in [0.3, 0.4) is 0 Å². The van der Waals surface area contributed by atoms with Crippen molar-refractivity contribution in [2.24, 2.45) is 0 Å². The van der Waals surface area contributed by atoms with Crippen LogP contribution in [-0.4, -0.2) is 37.7 Å². The molecule has 0 atom stereocenters. The smallest absolute Gasteiger partial charge is 0.495 e. The molecule has 0 fully saturated rings. The molecule has 0 saturated carbocycles. The summed E-state index contributed by atoms with van der Waals surface area (Å²) in [5.41, 5.74) is 2.54. The normalized spacial score (nSPS) is 12.4. The van der Waals surface area contributed by atoms with Crippen LogP contribution in [0.1, 0.15) is 161 Å². The van der Waals surface area contributed by atoms with Gasteiger partial charge in [-0.05, 0) is 25.8 Å². The van der Waals surface area contributed by atoms with Crippen molar-refractivity contribution in [3.8, 4) is 0 Å². The molecule has 4 heterocycles. The summed E-state index contributed by atoms with van der Waals surface area (Å²) >= 11 is 0. The molecule has 2 N–H and O–H groups in total. The second-order valence-electron chi connectivity index (χ2n) is 16.5. The number of nitrogens with one attached hydrogen (secondary N) is 2. The Morgan fingerprint density at radius 2 is 0.922 bits per heavy atom. The standard InChI is InChI=1S/C51H74N5O5.3BrH/c1-4-7-9-11-13-15-17-19-21-29-38-60-49(57)47-44(41-54-33-25-23-26-34-54)53-45(42-55-35-27-24-28-36-55)48(46(47)43-32-31-37-56(40-43)51(59)52-6-3)50(58)61-39-30-22-20-18-16-14-12-10-8-5-2;;;/h23-28,31-37,40,46H,4-22,29-30,38-39,41-42H2,1-3H3;3*1H/q+1;;;/p-1. The van der Waals surface area contributed by atoms with Crippen LogP contribution >= 0.6 is 0 Å². The van der Waals surface area contributed by atoms with Gasteiger partial charge in [0.2, 0.25) is 0 Å². The average Bonchev–Trinajstić information content (AvgIpc) is 3.28. The van der Waals surface area contributed by atoms with Crippen molar-refractivity contribution in [3.05, 3.63) is 114 Å². The SMILES string of the molecule is CCCCCCCCCCCCOC(=O)C1=C(C[n+]2ccccc2)NC(C[n+]2ccccc2)=C(C(=O)OCCCCCCCCCCCC)C1c1ccc[n+](C(=O)NCC)c1.[Br-].[Br-].[Br-]. The number of aromatic nitrogens is 3. The van der Waals surface area contributed by atoms with Gasteiger partial charge in [-0.1, -0.05) is 148 Å². The van der Waals surface area contributed by atoms with Gasteiger partial charge in [-0.2, -0.15) is 18.5 Å². The van der Waals surface area contributed by atoms with Gasteiger partial charge in [0.25, 0.3) is 0 Å². The molecule has 10 nitrogen and oxygen atoms in total. The van der Waals surface area contributed by atoms with Crippen molar-refractivity contribution in [2.75, 3.05) is 19.8 Å². The lowest BCUT2D eigenvalue weighted by atomic mass is 9.80. The van der Waals surface area contributed by atoms with Gasteiger partial charge in [0, 0.05) is 29.8 Å². The number of hydrogen-bond donors (Lipinski definition) is 2. The van der Waals surface area contributed by atoms with Gasteiger partial charge >= 0.3 is 18.0 Å². The summed E-state index contributed by atoms with van der Waals surface area (Å²) in [6.45, 7) is 8.02. The average molecular weight is 1080 g/mol. The number of pyridine rings is 3. The number of rotatable bonds is 30. The highest BCUT2D eigenvalue weighted by Gasteiger charge is 2.42. The Bertz CT molecular complexity index is 1710. The van der Waals surface area contributed by atoms with Crippen molar-refractivity contribution in [2.45, 2.75) is 168 Å². The fourth-order valence-corrected chi connectivity index (χ4v) is 8.02. The van der Waals surface area contributed by atoms with E-state index in [2.05, 4.69) is 24.5 Å². The lowest BCUT2D eigenvalue weighted by Gasteiger charge is -2.30. The van der Waals surface area contributed by atoms with E-state index in [0.717, 1.165) is 38.5 Å². The first-order valence-corrected chi connectivity index (χ1v) is 23.7. The van der Waals surface area contributed by atoms with E-state index in [1.54, 1.807) is 18.5 Å². The van der Waals surface area contributed by atoms with E-state index < -0.39 is 17.9 Å². The molecule has 0 unspecified atom stereocenters. The van der Waals surface area contributed by atoms with Gasteiger partial charge in [0.05, 0.1) is 54.4 Å². The number of halogens is 3. The molecule has 0 saturated heterocycles. The third-order valence-corrected chi connectivity index (χ3v) is 11.4. The molecule has 13 heteroatoms. The second-order valence-corrected chi connectivity index (χ2v) is 16.5. The largest absolute Gasteiger partial charge is 1.00 e. The number of unbranched alkanes of at least 4 members (excludes halogenated alkanes) is 18. The Morgan fingerprint density at radius 3 is 1.31 bits per heavy atom. The monoisotopic (exact) mass is 1080 g/mol. The van der Waals surface area contributed by atoms with Crippen LogP contribution in [0.25, 0.3) is 0 Å². The Kier molecular flexibility index (Phi) is 32.8. The quantitative estimate of drug-likeness (QED) is 0.0579. The highest BCUT2D eigenvalue weighted by atomic mass is 79.9. The molecule has 0 radical (unpaired) electrons. The van der Waals surface area contributed by atoms with Crippen molar-refractivity contribution in [3.63, 3.8) is 0 Å². The van der Waals surface area contributed by atoms with Crippen LogP contribution < -0.4 is 75.3 Å². The zero-order chi connectivity index (χ0) is 43.3. The number of allylic oxidation sites excluding steroid dienone is 2. The Morgan fingerprint density at radius 1 is 0.531 bits per heavy atom. The lowest BCUT2D eigenvalue weighted by Crippen LogP contribution is -3.00.